The SMILES string of the molecule is COCCn1c(=NC(=O)C2CCCN(S(=O)(=O)c3ccc(OC)cc3)C2)sc2ccccc21. The molecule has 2 heterocycles. The van der Waals surface area contributed by atoms with Crippen molar-refractivity contribution >= 4 is 37.5 Å². The first-order chi connectivity index (χ1) is 15.9. The van der Waals surface area contributed by atoms with E-state index in [4.69, 9.17) is 9.47 Å². The van der Waals surface area contributed by atoms with Crippen molar-refractivity contribution in [2.45, 2.75) is 24.3 Å². The highest BCUT2D eigenvalue weighted by Gasteiger charge is 2.33. The van der Waals surface area contributed by atoms with E-state index in [1.165, 1.54) is 34.9 Å². The Kier molecular flexibility index (Phi) is 7.28. The van der Waals surface area contributed by atoms with E-state index in [-0.39, 0.29) is 17.3 Å². The molecule has 1 atom stereocenters. The summed E-state index contributed by atoms with van der Waals surface area (Å²) in [7, 11) is -0.535. The van der Waals surface area contributed by atoms with Gasteiger partial charge in [0, 0.05) is 26.7 Å². The first-order valence-corrected chi connectivity index (χ1v) is 13.0. The highest BCUT2D eigenvalue weighted by Crippen LogP contribution is 2.26. The topological polar surface area (TPSA) is 90.2 Å². The molecule has 1 aliphatic rings. The van der Waals surface area contributed by atoms with Crippen molar-refractivity contribution < 1.29 is 22.7 Å². The molecule has 1 aromatic heterocycles. The summed E-state index contributed by atoms with van der Waals surface area (Å²) >= 11 is 1.45. The fourth-order valence-corrected chi connectivity index (χ4v) is 6.53. The Balaban J connectivity index is 1.58. The van der Waals surface area contributed by atoms with Crippen LogP contribution in [0.15, 0.2) is 58.4 Å². The van der Waals surface area contributed by atoms with Crippen LogP contribution in [0, 0.1) is 5.92 Å². The average Bonchev–Trinajstić information content (AvgIpc) is 3.19. The van der Waals surface area contributed by atoms with Crippen LogP contribution in [0.4, 0.5) is 0 Å². The summed E-state index contributed by atoms with van der Waals surface area (Å²) in [6.07, 6.45) is 1.22. The zero-order valence-corrected chi connectivity index (χ0v) is 20.3. The number of hydrogen-bond acceptors (Lipinski definition) is 6. The molecule has 0 aliphatic carbocycles. The Morgan fingerprint density at radius 2 is 1.91 bits per heavy atom. The van der Waals surface area contributed by atoms with E-state index < -0.39 is 15.9 Å². The van der Waals surface area contributed by atoms with Crippen molar-refractivity contribution in [3.8, 4) is 5.75 Å². The Hall–Kier alpha value is -2.53. The Labute approximate surface area is 197 Å². The van der Waals surface area contributed by atoms with Crippen molar-refractivity contribution in [3.05, 3.63) is 53.3 Å². The number of thiazole rings is 1. The molecule has 0 N–H and O–H groups in total. The monoisotopic (exact) mass is 489 g/mol. The van der Waals surface area contributed by atoms with Crippen LogP contribution in [0.2, 0.25) is 0 Å². The number of amides is 1. The molecule has 176 valence electrons. The van der Waals surface area contributed by atoms with Gasteiger partial charge in [-0.1, -0.05) is 23.5 Å². The summed E-state index contributed by atoms with van der Waals surface area (Å²) in [6, 6.07) is 14.2. The van der Waals surface area contributed by atoms with Gasteiger partial charge >= 0.3 is 0 Å². The highest BCUT2D eigenvalue weighted by atomic mass is 32.2. The van der Waals surface area contributed by atoms with Crippen LogP contribution in [0.25, 0.3) is 10.2 Å². The molecule has 4 rings (SSSR count). The number of ether oxygens (including phenoxy) is 2. The number of hydrogen-bond donors (Lipinski definition) is 0. The van der Waals surface area contributed by atoms with Gasteiger partial charge in [-0.25, -0.2) is 8.42 Å². The summed E-state index contributed by atoms with van der Waals surface area (Å²) in [4.78, 5) is 18.3. The molecule has 10 heteroatoms. The molecular formula is C23H27N3O5S2. The molecule has 3 aromatic rings. The summed E-state index contributed by atoms with van der Waals surface area (Å²) in [5, 5.41) is 0. The first kappa shape index (κ1) is 23.6. The summed E-state index contributed by atoms with van der Waals surface area (Å²) in [5.41, 5.74) is 0.999. The van der Waals surface area contributed by atoms with E-state index in [2.05, 4.69) is 4.99 Å². The lowest BCUT2D eigenvalue weighted by Gasteiger charge is -2.30. The van der Waals surface area contributed by atoms with Gasteiger partial charge in [-0.3, -0.25) is 4.79 Å². The normalized spacial score (nSPS) is 18.0. The van der Waals surface area contributed by atoms with E-state index in [0.29, 0.717) is 43.1 Å². The Morgan fingerprint density at radius 1 is 1.15 bits per heavy atom. The van der Waals surface area contributed by atoms with Gasteiger partial charge in [-0.05, 0) is 49.2 Å². The van der Waals surface area contributed by atoms with Crippen LogP contribution in [0.5, 0.6) is 5.75 Å². The van der Waals surface area contributed by atoms with Gasteiger partial charge in [0.05, 0.1) is 34.7 Å². The number of benzene rings is 2. The number of carbonyl (C=O) groups is 1. The van der Waals surface area contributed by atoms with Crippen LogP contribution in [0.3, 0.4) is 0 Å². The molecule has 33 heavy (non-hydrogen) atoms. The highest BCUT2D eigenvalue weighted by molar-refractivity contribution is 7.89. The van der Waals surface area contributed by atoms with E-state index in [9.17, 15) is 13.2 Å². The summed E-state index contributed by atoms with van der Waals surface area (Å²) < 4.78 is 41.0. The average molecular weight is 490 g/mol. The van der Waals surface area contributed by atoms with Crippen molar-refractivity contribution in [2.75, 3.05) is 33.9 Å². The second-order valence-electron chi connectivity index (χ2n) is 7.82. The third-order valence-electron chi connectivity index (χ3n) is 5.74. The quantitative estimate of drug-likeness (QED) is 0.509. The van der Waals surface area contributed by atoms with Gasteiger partial charge in [0.2, 0.25) is 10.0 Å². The van der Waals surface area contributed by atoms with Crippen molar-refractivity contribution in [2.24, 2.45) is 10.9 Å². The van der Waals surface area contributed by atoms with E-state index >= 15 is 0 Å². The lowest BCUT2D eigenvalue weighted by Crippen LogP contribution is -2.42. The van der Waals surface area contributed by atoms with Crippen molar-refractivity contribution in [1.82, 2.24) is 8.87 Å². The molecule has 0 saturated carbocycles. The third kappa shape index (κ3) is 5.03. The number of sulfonamides is 1. The molecule has 8 nitrogen and oxygen atoms in total. The van der Waals surface area contributed by atoms with E-state index in [0.717, 1.165) is 10.2 Å². The predicted molar refractivity (Wildman–Crippen MR) is 127 cm³/mol. The second-order valence-corrected chi connectivity index (χ2v) is 10.8. The van der Waals surface area contributed by atoms with Crippen LogP contribution in [0.1, 0.15) is 12.8 Å². The maximum Gasteiger partial charge on any atom is 0.252 e. The molecule has 1 amide bonds. The molecule has 0 radical (unpaired) electrons. The number of piperidine rings is 1. The maximum absolute atomic E-state index is 13.1. The lowest BCUT2D eigenvalue weighted by atomic mass is 9.99. The maximum atomic E-state index is 13.1. The largest absolute Gasteiger partial charge is 0.497 e. The Bertz CT molecular complexity index is 1300. The number of methoxy groups -OCH3 is 2. The molecule has 0 bridgehead atoms. The zero-order chi connectivity index (χ0) is 23.4. The molecule has 1 unspecified atom stereocenters. The predicted octanol–water partition coefficient (Wildman–Crippen LogP) is 2.89. The fraction of sp³-hybridized carbons (Fsp3) is 0.391. The first-order valence-electron chi connectivity index (χ1n) is 10.7. The standard InChI is InChI=1S/C23H27N3O5S2/c1-30-15-14-26-20-7-3-4-8-21(20)32-23(26)24-22(27)17-6-5-13-25(16-17)33(28,29)19-11-9-18(31-2)10-12-19/h3-4,7-12,17H,5-6,13-16H2,1-2H3. The minimum atomic E-state index is -3.70. The van der Waals surface area contributed by atoms with E-state index in [1.54, 1.807) is 19.2 Å². The van der Waals surface area contributed by atoms with Gasteiger partial charge in [0.25, 0.3) is 5.91 Å². The zero-order valence-electron chi connectivity index (χ0n) is 18.6. The molecule has 1 saturated heterocycles. The lowest BCUT2D eigenvalue weighted by molar-refractivity contribution is -0.122. The summed E-state index contributed by atoms with van der Waals surface area (Å²) in [5.74, 6) is -0.181. The number of rotatable bonds is 7. The number of nitrogens with zero attached hydrogens (tertiary/aromatic N) is 3. The molecular weight excluding hydrogens is 462 g/mol. The summed E-state index contributed by atoms with van der Waals surface area (Å²) in [6.45, 7) is 1.59. The van der Waals surface area contributed by atoms with Crippen LogP contribution >= 0.6 is 11.3 Å². The van der Waals surface area contributed by atoms with E-state index in [1.807, 2.05) is 28.8 Å². The van der Waals surface area contributed by atoms with Crippen LogP contribution in [-0.2, 0) is 26.1 Å². The van der Waals surface area contributed by atoms with Crippen molar-refractivity contribution in [3.63, 3.8) is 0 Å². The van der Waals surface area contributed by atoms with Crippen LogP contribution < -0.4 is 9.54 Å². The number of aromatic nitrogens is 1. The number of fused-ring (bicyclic) bond motifs is 1. The number of carbonyl (C=O) groups excluding carboxylic acids is 1. The van der Waals surface area contributed by atoms with Crippen LogP contribution in [-0.4, -0.2) is 57.1 Å². The minimum Gasteiger partial charge on any atom is -0.497 e. The third-order valence-corrected chi connectivity index (χ3v) is 8.68. The molecule has 0 spiro atoms. The smallest absolute Gasteiger partial charge is 0.252 e. The Morgan fingerprint density at radius 3 is 2.64 bits per heavy atom. The van der Waals surface area contributed by atoms with Gasteiger partial charge in [-0.2, -0.15) is 9.30 Å². The molecule has 1 aliphatic heterocycles. The molecule has 1 fully saturated rings. The number of para-hydroxylation sites is 1. The van der Waals surface area contributed by atoms with Crippen molar-refractivity contribution in [1.29, 1.82) is 0 Å². The van der Waals surface area contributed by atoms with Gasteiger partial charge in [0.15, 0.2) is 4.80 Å². The van der Waals surface area contributed by atoms with Gasteiger partial charge < -0.3 is 14.0 Å². The second kappa shape index (κ2) is 10.2. The minimum absolute atomic E-state index is 0.125. The van der Waals surface area contributed by atoms with Gasteiger partial charge in [-0.15, -0.1) is 0 Å². The molecule has 2 aromatic carbocycles. The fourth-order valence-electron chi connectivity index (χ4n) is 3.95. The van der Waals surface area contributed by atoms with Gasteiger partial charge in [0.1, 0.15) is 5.75 Å².